The van der Waals surface area contributed by atoms with Gasteiger partial charge in [-0.25, -0.2) is 9.97 Å². The first-order chi connectivity index (χ1) is 14.3. The fraction of sp³-hybridized carbons (Fsp3) is 0.538. The molecular weight excluding hydrogens is 356 g/mol. The Labute approximate surface area is 177 Å². The van der Waals surface area contributed by atoms with E-state index in [0.29, 0.717) is 6.61 Å². The molecule has 3 nitrogen and oxygen atoms in total. The van der Waals surface area contributed by atoms with E-state index in [2.05, 4.69) is 36.0 Å². The number of hydrogen-bond donors (Lipinski definition) is 0. The van der Waals surface area contributed by atoms with Gasteiger partial charge in [0.15, 0.2) is 5.82 Å². The number of unbranched alkanes of at least 4 members (excludes halogenated alkanes) is 7. The molecular formula is C26H38N2O. The van der Waals surface area contributed by atoms with Gasteiger partial charge in [0.25, 0.3) is 0 Å². The van der Waals surface area contributed by atoms with Crippen LogP contribution < -0.4 is 4.74 Å². The predicted molar refractivity (Wildman–Crippen MR) is 123 cm³/mol. The Bertz CT molecular complexity index is 677. The van der Waals surface area contributed by atoms with Crippen molar-refractivity contribution in [2.75, 3.05) is 6.61 Å². The summed E-state index contributed by atoms with van der Waals surface area (Å²) in [6, 6.07) is 8.08. The molecule has 1 aromatic heterocycles. The highest BCUT2D eigenvalue weighted by molar-refractivity contribution is 5.55. The highest BCUT2D eigenvalue weighted by Crippen LogP contribution is 2.20. The molecule has 0 atom stereocenters. The molecule has 0 aliphatic rings. The maximum Gasteiger partial charge on any atom is 0.159 e. The van der Waals surface area contributed by atoms with Gasteiger partial charge in [-0.15, -0.1) is 0 Å². The van der Waals surface area contributed by atoms with Crippen LogP contribution in [0, 0.1) is 0 Å². The van der Waals surface area contributed by atoms with Crippen LogP contribution in [0.15, 0.2) is 48.8 Å². The third kappa shape index (κ3) is 9.74. The zero-order valence-electron chi connectivity index (χ0n) is 18.4. The van der Waals surface area contributed by atoms with Crippen LogP contribution in [0.4, 0.5) is 0 Å². The van der Waals surface area contributed by atoms with Crippen LogP contribution in [0.25, 0.3) is 11.4 Å². The van der Waals surface area contributed by atoms with E-state index >= 15 is 0 Å². The number of rotatable bonds is 15. The van der Waals surface area contributed by atoms with Gasteiger partial charge in [-0.1, -0.05) is 70.9 Å². The average molecular weight is 395 g/mol. The minimum atomic E-state index is 0.714. The molecule has 1 aromatic carbocycles. The van der Waals surface area contributed by atoms with E-state index in [9.17, 15) is 0 Å². The van der Waals surface area contributed by atoms with E-state index in [0.717, 1.165) is 30.0 Å². The van der Waals surface area contributed by atoms with Crippen molar-refractivity contribution in [3.63, 3.8) is 0 Å². The van der Waals surface area contributed by atoms with Crippen LogP contribution >= 0.6 is 0 Å². The fourth-order valence-corrected chi connectivity index (χ4v) is 3.25. The van der Waals surface area contributed by atoms with Crippen molar-refractivity contribution in [1.82, 2.24) is 9.97 Å². The maximum absolute atomic E-state index is 5.81. The second kappa shape index (κ2) is 14.8. The Kier molecular flexibility index (Phi) is 11.8. The van der Waals surface area contributed by atoms with Gasteiger partial charge in [0, 0.05) is 18.0 Å². The molecule has 2 rings (SSSR count). The molecule has 0 aliphatic heterocycles. The average Bonchev–Trinajstić information content (AvgIpc) is 2.76. The molecule has 0 bridgehead atoms. The molecule has 0 amide bonds. The largest absolute Gasteiger partial charge is 0.493 e. The smallest absolute Gasteiger partial charge is 0.159 e. The summed E-state index contributed by atoms with van der Waals surface area (Å²) in [5, 5.41) is 0. The Morgan fingerprint density at radius 3 is 2.14 bits per heavy atom. The van der Waals surface area contributed by atoms with E-state index in [4.69, 9.17) is 4.74 Å². The number of ether oxygens (including phenoxy) is 1. The van der Waals surface area contributed by atoms with E-state index in [1.807, 2.05) is 36.7 Å². The monoisotopic (exact) mass is 394 g/mol. The Morgan fingerprint density at radius 2 is 1.41 bits per heavy atom. The zero-order chi connectivity index (χ0) is 20.6. The molecule has 3 heteroatoms. The van der Waals surface area contributed by atoms with Gasteiger partial charge in [-0.2, -0.15) is 0 Å². The molecule has 2 aromatic rings. The molecule has 0 fully saturated rings. The summed E-state index contributed by atoms with van der Waals surface area (Å²) in [6.07, 6.45) is 22.0. The van der Waals surface area contributed by atoms with Crippen molar-refractivity contribution >= 4 is 0 Å². The first kappa shape index (κ1) is 23.1. The molecule has 0 radical (unpaired) electrons. The van der Waals surface area contributed by atoms with E-state index in [1.165, 1.54) is 63.4 Å². The van der Waals surface area contributed by atoms with Crippen LogP contribution in [0.1, 0.15) is 83.6 Å². The molecule has 158 valence electrons. The number of benzene rings is 1. The van der Waals surface area contributed by atoms with Crippen LogP contribution in [-0.2, 0) is 6.42 Å². The van der Waals surface area contributed by atoms with Crippen molar-refractivity contribution in [1.29, 1.82) is 0 Å². The summed E-state index contributed by atoms with van der Waals surface area (Å²) >= 11 is 0. The van der Waals surface area contributed by atoms with Gasteiger partial charge in [0.05, 0.1) is 6.61 Å². The minimum Gasteiger partial charge on any atom is -0.493 e. The second-order valence-electron chi connectivity index (χ2n) is 7.71. The SMILES string of the molecule is CCCCC=CCCOc1ccc(-c2ncc(CCCCCCCC)cn2)cc1. The van der Waals surface area contributed by atoms with Crippen LogP contribution in [0.5, 0.6) is 5.75 Å². The van der Waals surface area contributed by atoms with Gasteiger partial charge in [0.2, 0.25) is 0 Å². The molecule has 0 spiro atoms. The lowest BCUT2D eigenvalue weighted by Gasteiger charge is -2.06. The molecule has 29 heavy (non-hydrogen) atoms. The molecule has 0 saturated carbocycles. The summed E-state index contributed by atoms with van der Waals surface area (Å²) in [7, 11) is 0. The van der Waals surface area contributed by atoms with Crippen LogP contribution in [-0.4, -0.2) is 16.6 Å². The second-order valence-corrected chi connectivity index (χ2v) is 7.71. The van der Waals surface area contributed by atoms with Crippen molar-refractivity contribution in [2.45, 2.75) is 84.5 Å². The Balaban J connectivity index is 1.71. The molecule has 0 saturated heterocycles. The van der Waals surface area contributed by atoms with Gasteiger partial charge >= 0.3 is 0 Å². The number of nitrogens with zero attached hydrogens (tertiary/aromatic N) is 2. The van der Waals surface area contributed by atoms with Gasteiger partial charge < -0.3 is 4.74 Å². The number of aromatic nitrogens is 2. The highest BCUT2D eigenvalue weighted by atomic mass is 16.5. The minimum absolute atomic E-state index is 0.714. The fourth-order valence-electron chi connectivity index (χ4n) is 3.25. The van der Waals surface area contributed by atoms with Crippen molar-refractivity contribution < 1.29 is 4.74 Å². The topological polar surface area (TPSA) is 35.0 Å². The molecule has 0 N–H and O–H groups in total. The van der Waals surface area contributed by atoms with E-state index in [1.54, 1.807) is 0 Å². The van der Waals surface area contributed by atoms with Gasteiger partial charge in [0.1, 0.15) is 5.75 Å². The van der Waals surface area contributed by atoms with Crippen molar-refractivity contribution in [3.8, 4) is 17.1 Å². The van der Waals surface area contributed by atoms with Crippen LogP contribution in [0.3, 0.4) is 0 Å². The predicted octanol–water partition coefficient (Wildman–Crippen LogP) is 7.56. The summed E-state index contributed by atoms with van der Waals surface area (Å²) in [5.41, 5.74) is 2.26. The maximum atomic E-state index is 5.81. The first-order valence-electron chi connectivity index (χ1n) is 11.5. The number of allylic oxidation sites excluding steroid dienone is 1. The molecule has 0 unspecified atom stereocenters. The summed E-state index contributed by atoms with van der Waals surface area (Å²) in [6.45, 7) is 5.19. The standard InChI is InChI=1S/C26H38N2O/c1-3-5-7-9-11-13-15-23-21-27-26(28-22-23)24-16-18-25(19-17-24)29-20-14-12-10-8-6-4-2/h10,12,16-19,21-22H,3-9,11,13-15,20H2,1-2H3. The normalized spacial score (nSPS) is 11.2. The summed E-state index contributed by atoms with van der Waals surface area (Å²) in [4.78, 5) is 9.11. The zero-order valence-corrected chi connectivity index (χ0v) is 18.4. The lowest BCUT2D eigenvalue weighted by Crippen LogP contribution is -1.96. The summed E-state index contributed by atoms with van der Waals surface area (Å²) < 4.78 is 5.81. The quantitative estimate of drug-likeness (QED) is 0.231. The lowest BCUT2D eigenvalue weighted by atomic mass is 10.1. The third-order valence-electron chi connectivity index (χ3n) is 5.08. The van der Waals surface area contributed by atoms with Gasteiger partial charge in [-0.3, -0.25) is 0 Å². The molecule has 0 aliphatic carbocycles. The Hall–Kier alpha value is -2.16. The van der Waals surface area contributed by atoms with Crippen LogP contribution in [0.2, 0.25) is 0 Å². The van der Waals surface area contributed by atoms with Gasteiger partial charge in [-0.05, 0) is 55.5 Å². The van der Waals surface area contributed by atoms with Crippen molar-refractivity contribution in [2.24, 2.45) is 0 Å². The van der Waals surface area contributed by atoms with Crippen molar-refractivity contribution in [3.05, 3.63) is 54.4 Å². The lowest BCUT2D eigenvalue weighted by molar-refractivity contribution is 0.325. The highest BCUT2D eigenvalue weighted by Gasteiger charge is 2.03. The van der Waals surface area contributed by atoms with E-state index in [-0.39, 0.29) is 0 Å². The molecule has 1 heterocycles. The first-order valence-corrected chi connectivity index (χ1v) is 11.5. The summed E-state index contributed by atoms with van der Waals surface area (Å²) in [5.74, 6) is 1.68. The Morgan fingerprint density at radius 1 is 0.759 bits per heavy atom. The number of aryl methyl sites for hydroxylation is 1. The third-order valence-corrected chi connectivity index (χ3v) is 5.08. The van der Waals surface area contributed by atoms with E-state index < -0.39 is 0 Å². The number of hydrogen-bond acceptors (Lipinski definition) is 3.